The van der Waals surface area contributed by atoms with Gasteiger partial charge in [0.05, 0.1) is 12.5 Å². The number of nitrogens with zero attached hydrogens (tertiary/aromatic N) is 2. The second-order valence-corrected chi connectivity index (χ2v) is 3.83. The number of fused-ring (bicyclic) bond motifs is 1. The quantitative estimate of drug-likeness (QED) is 0.701. The summed E-state index contributed by atoms with van der Waals surface area (Å²) < 4.78 is 5.74. The monoisotopic (exact) mass is 249 g/mol. The highest BCUT2D eigenvalue weighted by molar-refractivity contribution is 5.91. The molecule has 7 nitrogen and oxygen atoms in total. The number of esters is 1. The van der Waals surface area contributed by atoms with Crippen molar-refractivity contribution in [3.05, 3.63) is 38.2 Å². The molecule has 2 heterocycles. The minimum absolute atomic E-state index is 0.0584. The fourth-order valence-electron chi connectivity index (χ4n) is 1.73. The third-order valence-corrected chi connectivity index (χ3v) is 2.66. The Bertz CT molecular complexity index is 757. The molecule has 0 saturated carbocycles. The zero-order chi connectivity index (χ0) is 13.4. The summed E-state index contributed by atoms with van der Waals surface area (Å²) in [6.07, 6.45) is 0. The topological polar surface area (TPSA) is 94.0 Å². The maximum Gasteiger partial charge on any atom is 0.356 e. The third kappa shape index (κ3) is 1.69. The first-order valence-corrected chi connectivity index (χ1v) is 5.14. The lowest BCUT2D eigenvalue weighted by atomic mass is 10.1. The molecule has 0 saturated heterocycles. The van der Waals surface area contributed by atoms with Crippen LogP contribution in [0.25, 0.3) is 11.0 Å². The van der Waals surface area contributed by atoms with Crippen LogP contribution in [0.4, 0.5) is 0 Å². The number of methoxy groups -OCH3 is 1. The fraction of sp³-hybridized carbons (Fsp3) is 0.273. The fourth-order valence-corrected chi connectivity index (χ4v) is 1.73. The van der Waals surface area contributed by atoms with Gasteiger partial charge in [0, 0.05) is 7.05 Å². The molecule has 0 spiro atoms. The van der Waals surface area contributed by atoms with Gasteiger partial charge in [-0.05, 0) is 18.6 Å². The van der Waals surface area contributed by atoms with Crippen LogP contribution in [-0.2, 0) is 11.8 Å². The Morgan fingerprint density at radius 1 is 1.44 bits per heavy atom. The van der Waals surface area contributed by atoms with Gasteiger partial charge in [0.2, 0.25) is 0 Å². The summed E-state index contributed by atoms with van der Waals surface area (Å²) in [7, 11) is 2.70. The van der Waals surface area contributed by atoms with E-state index in [2.05, 4.69) is 14.7 Å². The van der Waals surface area contributed by atoms with Gasteiger partial charge in [0.25, 0.3) is 5.56 Å². The predicted octanol–water partition coefficient (Wildman–Crippen LogP) is -0.283. The SMILES string of the molecule is COC(=O)c1cc(C)c2c(=O)[nH]c(=O)n(C)c2n1. The van der Waals surface area contributed by atoms with Gasteiger partial charge in [-0.1, -0.05) is 0 Å². The zero-order valence-corrected chi connectivity index (χ0v) is 10.1. The highest BCUT2D eigenvalue weighted by Gasteiger charge is 2.14. The van der Waals surface area contributed by atoms with E-state index in [9.17, 15) is 14.4 Å². The van der Waals surface area contributed by atoms with Crippen molar-refractivity contribution in [1.29, 1.82) is 0 Å². The molecule has 0 fully saturated rings. The molecule has 0 atom stereocenters. The molecule has 0 radical (unpaired) electrons. The van der Waals surface area contributed by atoms with Crippen LogP contribution in [0.15, 0.2) is 15.7 Å². The van der Waals surface area contributed by atoms with Crippen LogP contribution in [0.1, 0.15) is 16.1 Å². The van der Waals surface area contributed by atoms with Crippen molar-refractivity contribution >= 4 is 17.0 Å². The van der Waals surface area contributed by atoms with Crippen LogP contribution < -0.4 is 11.2 Å². The number of rotatable bonds is 1. The molecule has 7 heteroatoms. The number of nitrogens with one attached hydrogen (secondary N) is 1. The largest absolute Gasteiger partial charge is 0.464 e. The minimum atomic E-state index is -0.618. The number of aryl methyl sites for hydroxylation is 2. The third-order valence-electron chi connectivity index (χ3n) is 2.66. The standard InChI is InChI=1S/C11H11N3O4/c1-5-4-6(10(16)18-3)12-8-7(5)9(15)13-11(17)14(8)2/h4H,1-3H3,(H,13,15,17). The van der Waals surface area contributed by atoms with E-state index in [1.54, 1.807) is 6.92 Å². The first-order chi connectivity index (χ1) is 8.45. The van der Waals surface area contributed by atoms with Crippen molar-refractivity contribution in [2.24, 2.45) is 7.05 Å². The predicted molar refractivity (Wildman–Crippen MR) is 63.7 cm³/mol. The van der Waals surface area contributed by atoms with Crippen LogP contribution in [0.5, 0.6) is 0 Å². The second kappa shape index (κ2) is 4.10. The molecule has 18 heavy (non-hydrogen) atoms. The van der Waals surface area contributed by atoms with Gasteiger partial charge in [-0.3, -0.25) is 14.3 Å². The van der Waals surface area contributed by atoms with Crippen LogP contribution in [0.2, 0.25) is 0 Å². The summed E-state index contributed by atoms with van der Waals surface area (Å²) in [4.78, 5) is 40.8. The van der Waals surface area contributed by atoms with Gasteiger partial charge >= 0.3 is 11.7 Å². The molecule has 2 rings (SSSR count). The first-order valence-electron chi connectivity index (χ1n) is 5.14. The molecule has 0 aromatic carbocycles. The number of hydrogen-bond acceptors (Lipinski definition) is 5. The van der Waals surface area contributed by atoms with Gasteiger partial charge < -0.3 is 4.74 Å². The Balaban J connectivity index is 2.96. The average molecular weight is 249 g/mol. The van der Waals surface area contributed by atoms with Crippen molar-refractivity contribution in [3.8, 4) is 0 Å². The Labute approximate surface area is 101 Å². The number of carbonyl (C=O) groups excluding carboxylic acids is 1. The number of aromatic nitrogens is 3. The Morgan fingerprint density at radius 3 is 2.72 bits per heavy atom. The average Bonchev–Trinajstić information content (AvgIpc) is 2.34. The number of pyridine rings is 1. The molecule has 0 amide bonds. The first kappa shape index (κ1) is 12.0. The molecule has 0 bridgehead atoms. The van der Waals surface area contributed by atoms with Gasteiger partial charge in [0.15, 0.2) is 11.3 Å². The number of carbonyl (C=O) groups is 1. The normalized spacial score (nSPS) is 10.6. The Hall–Kier alpha value is -2.44. The number of H-pyrrole nitrogens is 1. The van der Waals surface area contributed by atoms with Gasteiger partial charge in [0.1, 0.15) is 0 Å². The summed E-state index contributed by atoms with van der Waals surface area (Å²) in [5.74, 6) is -0.618. The zero-order valence-electron chi connectivity index (χ0n) is 10.1. The van der Waals surface area contributed by atoms with E-state index in [0.29, 0.717) is 5.56 Å². The van der Waals surface area contributed by atoms with Crippen molar-refractivity contribution in [2.75, 3.05) is 7.11 Å². The van der Waals surface area contributed by atoms with Crippen molar-refractivity contribution in [1.82, 2.24) is 14.5 Å². The maximum absolute atomic E-state index is 11.7. The van der Waals surface area contributed by atoms with E-state index in [1.807, 2.05) is 0 Å². The number of hydrogen-bond donors (Lipinski definition) is 1. The van der Waals surface area contributed by atoms with Gasteiger partial charge in [-0.15, -0.1) is 0 Å². The molecule has 2 aromatic heterocycles. The maximum atomic E-state index is 11.7. The smallest absolute Gasteiger partial charge is 0.356 e. The highest BCUT2D eigenvalue weighted by Crippen LogP contribution is 2.12. The molecule has 0 aliphatic heterocycles. The molecule has 1 N–H and O–H groups in total. The second-order valence-electron chi connectivity index (χ2n) is 3.83. The van der Waals surface area contributed by atoms with E-state index in [0.717, 1.165) is 0 Å². The van der Waals surface area contributed by atoms with Crippen LogP contribution in [0.3, 0.4) is 0 Å². The summed E-state index contributed by atoms with van der Waals surface area (Å²) in [6.45, 7) is 1.66. The van der Waals surface area contributed by atoms with Crippen LogP contribution >= 0.6 is 0 Å². The highest BCUT2D eigenvalue weighted by atomic mass is 16.5. The summed E-state index contributed by atoms with van der Waals surface area (Å²) >= 11 is 0. The minimum Gasteiger partial charge on any atom is -0.464 e. The summed E-state index contributed by atoms with van der Waals surface area (Å²) in [6, 6.07) is 1.45. The number of aromatic amines is 1. The Morgan fingerprint density at radius 2 is 2.11 bits per heavy atom. The molecular formula is C11H11N3O4. The van der Waals surface area contributed by atoms with Crippen molar-refractivity contribution < 1.29 is 9.53 Å². The molecule has 0 aliphatic carbocycles. The summed E-state index contributed by atoms with van der Waals surface area (Å²) in [5, 5.41) is 0.282. The lowest BCUT2D eigenvalue weighted by molar-refractivity contribution is 0.0594. The van der Waals surface area contributed by atoms with E-state index in [4.69, 9.17) is 0 Å². The van der Waals surface area contributed by atoms with E-state index >= 15 is 0 Å². The molecular weight excluding hydrogens is 238 g/mol. The van der Waals surface area contributed by atoms with Crippen LogP contribution in [0, 0.1) is 6.92 Å². The molecule has 2 aromatic rings. The molecule has 0 unspecified atom stereocenters. The number of ether oxygens (including phenoxy) is 1. The van der Waals surface area contributed by atoms with E-state index in [-0.39, 0.29) is 16.7 Å². The summed E-state index contributed by atoms with van der Waals surface area (Å²) in [5.41, 5.74) is -0.333. The van der Waals surface area contributed by atoms with Gasteiger partial charge in [-0.2, -0.15) is 0 Å². The Kier molecular flexibility index (Phi) is 2.74. The van der Waals surface area contributed by atoms with E-state index < -0.39 is 17.2 Å². The van der Waals surface area contributed by atoms with Crippen molar-refractivity contribution in [2.45, 2.75) is 6.92 Å². The van der Waals surface area contributed by atoms with Gasteiger partial charge in [-0.25, -0.2) is 14.6 Å². The van der Waals surface area contributed by atoms with E-state index in [1.165, 1.54) is 24.8 Å². The molecule has 0 aliphatic rings. The van der Waals surface area contributed by atoms with Crippen molar-refractivity contribution in [3.63, 3.8) is 0 Å². The lowest BCUT2D eigenvalue weighted by Gasteiger charge is -2.07. The molecule has 94 valence electrons. The van der Waals surface area contributed by atoms with Crippen LogP contribution in [-0.4, -0.2) is 27.6 Å². The lowest BCUT2D eigenvalue weighted by Crippen LogP contribution is -2.29.